The number of hydrogen-bond donors (Lipinski definition) is 1. The number of rotatable bonds is 3. The maximum Gasteiger partial charge on any atom is 0.317 e. The molecule has 122 valence electrons. The summed E-state index contributed by atoms with van der Waals surface area (Å²) in [6.45, 7) is 12.2. The van der Waals surface area contributed by atoms with Gasteiger partial charge in [-0.15, -0.1) is 0 Å². The van der Waals surface area contributed by atoms with Gasteiger partial charge in [0.1, 0.15) is 0 Å². The topological polar surface area (TPSA) is 35.6 Å². The maximum absolute atomic E-state index is 12.1. The summed E-state index contributed by atoms with van der Waals surface area (Å²) in [6.07, 6.45) is 0. The van der Waals surface area contributed by atoms with Crippen LogP contribution in [0.2, 0.25) is 5.02 Å². The Morgan fingerprint density at radius 3 is 2.41 bits per heavy atom. The van der Waals surface area contributed by atoms with E-state index in [-0.39, 0.29) is 6.03 Å². The van der Waals surface area contributed by atoms with Gasteiger partial charge in [0, 0.05) is 32.7 Å². The van der Waals surface area contributed by atoms with Gasteiger partial charge in [0.15, 0.2) is 0 Å². The van der Waals surface area contributed by atoms with E-state index in [0.29, 0.717) is 5.92 Å². The van der Waals surface area contributed by atoms with Crippen molar-refractivity contribution in [3.63, 3.8) is 0 Å². The summed E-state index contributed by atoms with van der Waals surface area (Å²) >= 11 is 6.42. The van der Waals surface area contributed by atoms with E-state index in [1.165, 1.54) is 11.1 Å². The standard InChI is InChI=1S/C17H26ClN3O/c1-12(2)11-19-17(22)21-7-5-20(6-8-21)16-14(4)9-13(3)10-15(16)18/h9-10,12H,5-8,11H2,1-4H3,(H,19,22). The van der Waals surface area contributed by atoms with Crippen LogP contribution in [-0.4, -0.2) is 43.7 Å². The molecule has 1 aliphatic heterocycles. The SMILES string of the molecule is Cc1cc(C)c(N2CCN(C(=O)NCC(C)C)CC2)c(Cl)c1. The molecular weight excluding hydrogens is 298 g/mol. The first-order valence-corrected chi connectivity index (χ1v) is 8.30. The Morgan fingerprint density at radius 1 is 1.23 bits per heavy atom. The van der Waals surface area contributed by atoms with Crippen molar-refractivity contribution in [3.05, 3.63) is 28.3 Å². The van der Waals surface area contributed by atoms with E-state index < -0.39 is 0 Å². The van der Waals surface area contributed by atoms with Crippen molar-refractivity contribution in [1.29, 1.82) is 0 Å². The highest BCUT2D eigenvalue weighted by atomic mass is 35.5. The number of urea groups is 1. The van der Waals surface area contributed by atoms with Crippen molar-refractivity contribution in [2.45, 2.75) is 27.7 Å². The van der Waals surface area contributed by atoms with Gasteiger partial charge in [0.25, 0.3) is 0 Å². The third kappa shape index (κ3) is 4.07. The van der Waals surface area contributed by atoms with Crippen molar-refractivity contribution in [3.8, 4) is 0 Å². The summed E-state index contributed by atoms with van der Waals surface area (Å²) in [7, 11) is 0. The van der Waals surface area contributed by atoms with Gasteiger partial charge in [-0.1, -0.05) is 31.5 Å². The minimum Gasteiger partial charge on any atom is -0.367 e. The number of carbonyl (C=O) groups is 1. The van der Waals surface area contributed by atoms with Crippen LogP contribution in [0.4, 0.5) is 10.5 Å². The van der Waals surface area contributed by atoms with Crippen LogP contribution in [0.25, 0.3) is 0 Å². The number of benzene rings is 1. The second-order valence-corrected chi connectivity index (χ2v) is 6.87. The summed E-state index contributed by atoms with van der Waals surface area (Å²) in [5.41, 5.74) is 3.48. The average Bonchev–Trinajstić information content (AvgIpc) is 2.44. The molecule has 1 heterocycles. The van der Waals surface area contributed by atoms with Gasteiger partial charge < -0.3 is 15.1 Å². The largest absolute Gasteiger partial charge is 0.367 e. The summed E-state index contributed by atoms with van der Waals surface area (Å²) in [5.74, 6) is 0.472. The first-order valence-electron chi connectivity index (χ1n) is 7.93. The fraction of sp³-hybridized carbons (Fsp3) is 0.588. The number of halogens is 1. The lowest BCUT2D eigenvalue weighted by molar-refractivity contribution is 0.193. The molecule has 1 aromatic rings. The van der Waals surface area contributed by atoms with E-state index in [9.17, 15) is 4.79 Å². The summed E-state index contributed by atoms with van der Waals surface area (Å²) in [6, 6.07) is 4.20. The Balaban J connectivity index is 1.96. The molecule has 2 rings (SSSR count). The van der Waals surface area contributed by atoms with Crippen LogP contribution in [0.3, 0.4) is 0 Å². The molecule has 1 aromatic carbocycles. The van der Waals surface area contributed by atoms with Crippen molar-refractivity contribution in [2.24, 2.45) is 5.92 Å². The molecule has 1 saturated heterocycles. The Bertz CT molecular complexity index is 514. The van der Waals surface area contributed by atoms with E-state index in [0.717, 1.165) is 43.4 Å². The van der Waals surface area contributed by atoms with E-state index in [1.807, 2.05) is 11.0 Å². The van der Waals surface area contributed by atoms with Crippen LogP contribution in [-0.2, 0) is 0 Å². The van der Waals surface area contributed by atoms with Crippen molar-refractivity contribution in [1.82, 2.24) is 10.2 Å². The molecule has 0 aromatic heterocycles. The zero-order valence-electron chi connectivity index (χ0n) is 13.9. The van der Waals surface area contributed by atoms with Crippen molar-refractivity contribution in [2.75, 3.05) is 37.6 Å². The number of piperazine rings is 1. The van der Waals surface area contributed by atoms with E-state index in [4.69, 9.17) is 11.6 Å². The minimum atomic E-state index is 0.0417. The Labute approximate surface area is 138 Å². The lowest BCUT2D eigenvalue weighted by Crippen LogP contribution is -2.52. The molecule has 0 spiro atoms. The molecule has 0 saturated carbocycles. The predicted octanol–water partition coefficient (Wildman–Crippen LogP) is 3.44. The zero-order valence-corrected chi connectivity index (χ0v) is 14.7. The second-order valence-electron chi connectivity index (χ2n) is 6.47. The predicted molar refractivity (Wildman–Crippen MR) is 92.9 cm³/mol. The normalized spacial score (nSPS) is 15.4. The highest BCUT2D eigenvalue weighted by Crippen LogP contribution is 2.31. The highest BCUT2D eigenvalue weighted by molar-refractivity contribution is 6.33. The quantitative estimate of drug-likeness (QED) is 0.924. The number of nitrogens with zero attached hydrogens (tertiary/aromatic N) is 2. The third-order valence-electron chi connectivity index (χ3n) is 3.94. The molecule has 1 N–H and O–H groups in total. The van der Waals surface area contributed by atoms with Gasteiger partial charge in [0.2, 0.25) is 0 Å². The average molecular weight is 324 g/mol. The molecular formula is C17H26ClN3O. The number of nitrogens with one attached hydrogen (secondary N) is 1. The second kappa shape index (κ2) is 7.23. The lowest BCUT2D eigenvalue weighted by Gasteiger charge is -2.37. The number of aryl methyl sites for hydroxylation is 2. The lowest BCUT2D eigenvalue weighted by atomic mass is 10.1. The highest BCUT2D eigenvalue weighted by Gasteiger charge is 2.23. The van der Waals surface area contributed by atoms with Crippen molar-refractivity contribution < 1.29 is 4.79 Å². The van der Waals surface area contributed by atoms with Crippen LogP contribution in [0.15, 0.2) is 12.1 Å². The first kappa shape index (κ1) is 16.9. The smallest absolute Gasteiger partial charge is 0.317 e. The molecule has 22 heavy (non-hydrogen) atoms. The van der Waals surface area contributed by atoms with Gasteiger partial charge in [-0.2, -0.15) is 0 Å². The molecule has 0 atom stereocenters. The van der Waals surface area contributed by atoms with E-state index >= 15 is 0 Å². The monoisotopic (exact) mass is 323 g/mol. The molecule has 0 radical (unpaired) electrons. The zero-order chi connectivity index (χ0) is 16.3. The Hall–Kier alpha value is -1.42. The number of carbonyl (C=O) groups excluding carboxylic acids is 1. The van der Waals surface area contributed by atoms with Gasteiger partial charge >= 0.3 is 6.03 Å². The molecule has 0 unspecified atom stereocenters. The molecule has 2 amide bonds. The number of hydrogen-bond acceptors (Lipinski definition) is 2. The van der Waals surface area contributed by atoms with Crippen LogP contribution in [0.5, 0.6) is 0 Å². The minimum absolute atomic E-state index is 0.0417. The molecule has 0 aliphatic carbocycles. The molecule has 1 fully saturated rings. The third-order valence-corrected chi connectivity index (χ3v) is 4.23. The number of anilines is 1. The first-order chi connectivity index (χ1) is 10.4. The fourth-order valence-corrected chi connectivity index (χ4v) is 3.29. The molecule has 4 nitrogen and oxygen atoms in total. The summed E-state index contributed by atoms with van der Waals surface area (Å²) in [5, 5.41) is 3.78. The van der Waals surface area contributed by atoms with Gasteiger partial charge in [-0.25, -0.2) is 4.79 Å². The van der Waals surface area contributed by atoms with Gasteiger partial charge in [-0.05, 0) is 37.0 Å². The van der Waals surface area contributed by atoms with Crippen LogP contribution < -0.4 is 10.2 Å². The maximum atomic E-state index is 12.1. The molecule has 0 bridgehead atoms. The summed E-state index contributed by atoms with van der Waals surface area (Å²) < 4.78 is 0. The van der Waals surface area contributed by atoms with Gasteiger partial charge in [0.05, 0.1) is 10.7 Å². The van der Waals surface area contributed by atoms with Crippen molar-refractivity contribution >= 4 is 23.3 Å². The Kier molecular flexibility index (Phi) is 5.57. The van der Waals surface area contributed by atoms with Crippen LogP contribution in [0.1, 0.15) is 25.0 Å². The van der Waals surface area contributed by atoms with Gasteiger partial charge in [-0.3, -0.25) is 0 Å². The Morgan fingerprint density at radius 2 is 1.86 bits per heavy atom. The summed E-state index contributed by atoms with van der Waals surface area (Å²) in [4.78, 5) is 16.3. The van der Waals surface area contributed by atoms with E-state index in [2.05, 4.69) is 44.0 Å². The molecule has 1 aliphatic rings. The van der Waals surface area contributed by atoms with Crippen LogP contribution >= 0.6 is 11.6 Å². The fourth-order valence-electron chi connectivity index (χ4n) is 2.84. The number of amides is 2. The van der Waals surface area contributed by atoms with E-state index in [1.54, 1.807) is 0 Å². The van der Waals surface area contributed by atoms with Crippen LogP contribution in [0, 0.1) is 19.8 Å². The molecule has 5 heteroatoms.